The molecule has 3 aromatic rings. The van der Waals surface area contributed by atoms with Gasteiger partial charge in [0.15, 0.2) is 6.61 Å². The molecule has 9 heteroatoms. The lowest BCUT2D eigenvalue weighted by atomic mass is 10.1. The molecule has 0 aliphatic heterocycles. The molecular weight excluding hydrogens is 460 g/mol. The van der Waals surface area contributed by atoms with Gasteiger partial charge >= 0.3 is 12.6 Å². The van der Waals surface area contributed by atoms with Crippen molar-refractivity contribution < 1.29 is 27.8 Å². The van der Waals surface area contributed by atoms with E-state index >= 15 is 0 Å². The van der Waals surface area contributed by atoms with Gasteiger partial charge in [0.2, 0.25) is 0 Å². The van der Waals surface area contributed by atoms with Crippen molar-refractivity contribution in [3.8, 4) is 5.75 Å². The first kappa shape index (κ1) is 23.6. The molecule has 0 bridgehead atoms. The van der Waals surface area contributed by atoms with Crippen molar-refractivity contribution in [1.82, 2.24) is 0 Å². The molecule has 3 aromatic carbocycles. The van der Waals surface area contributed by atoms with Gasteiger partial charge in [0, 0.05) is 15.7 Å². The number of hydrogen-bond donors (Lipinski definition) is 1. The van der Waals surface area contributed by atoms with E-state index < -0.39 is 25.1 Å². The number of esters is 1. The molecule has 32 heavy (non-hydrogen) atoms. The van der Waals surface area contributed by atoms with Gasteiger partial charge in [-0.25, -0.2) is 4.79 Å². The van der Waals surface area contributed by atoms with Crippen molar-refractivity contribution in [3.63, 3.8) is 0 Å². The van der Waals surface area contributed by atoms with Crippen LogP contribution in [-0.2, 0) is 15.3 Å². The van der Waals surface area contributed by atoms with Gasteiger partial charge in [-0.15, -0.1) is 11.8 Å². The molecule has 1 amide bonds. The molecule has 0 fully saturated rings. The van der Waals surface area contributed by atoms with Gasteiger partial charge in [-0.1, -0.05) is 35.9 Å². The molecule has 1 N–H and O–H groups in total. The summed E-state index contributed by atoms with van der Waals surface area (Å²) in [4.78, 5) is 25.3. The van der Waals surface area contributed by atoms with Crippen molar-refractivity contribution in [2.24, 2.45) is 0 Å². The van der Waals surface area contributed by atoms with E-state index in [4.69, 9.17) is 16.3 Å². The molecule has 0 radical (unpaired) electrons. The lowest BCUT2D eigenvalue weighted by Crippen LogP contribution is -2.21. The maximum absolute atomic E-state index is 12.4. The number of carbonyl (C=O) groups excluding carboxylic acids is 2. The van der Waals surface area contributed by atoms with Crippen molar-refractivity contribution in [2.75, 3.05) is 11.9 Å². The first-order valence-electron chi connectivity index (χ1n) is 9.39. The molecule has 0 aliphatic carbocycles. The maximum Gasteiger partial charge on any atom is 0.387 e. The van der Waals surface area contributed by atoms with E-state index in [1.165, 1.54) is 18.2 Å². The zero-order valence-electron chi connectivity index (χ0n) is 16.6. The van der Waals surface area contributed by atoms with Crippen LogP contribution >= 0.6 is 23.4 Å². The third-order valence-corrected chi connectivity index (χ3v) is 5.46. The number of amides is 1. The Kier molecular flexibility index (Phi) is 8.47. The fourth-order valence-corrected chi connectivity index (χ4v) is 3.58. The normalized spacial score (nSPS) is 10.6. The largest absolute Gasteiger partial charge is 0.452 e. The van der Waals surface area contributed by atoms with E-state index in [9.17, 15) is 18.4 Å². The number of hydrogen-bond acceptors (Lipinski definition) is 5. The quantitative estimate of drug-likeness (QED) is 0.301. The minimum absolute atomic E-state index is 0.0522. The number of nitrogens with one attached hydrogen (secondary N) is 1. The number of carbonyl (C=O) groups is 2. The van der Waals surface area contributed by atoms with Crippen LogP contribution < -0.4 is 10.1 Å². The SMILES string of the molecule is O=C(COC(=O)c1ccc(CSc2ccc(Cl)cc2)cc1)Nc1ccccc1OC(F)F. The first-order valence-corrected chi connectivity index (χ1v) is 10.7. The smallest absolute Gasteiger partial charge is 0.387 e. The van der Waals surface area contributed by atoms with Crippen LogP contribution in [0.2, 0.25) is 5.02 Å². The number of para-hydroxylation sites is 2. The third kappa shape index (κ3) is 7.25. The van der Waals surface area contributed by atoms with Crippen molar-refractivity contribution in [1.29, 1.82) is 0 Å². The zero-order valence-corrected chi connectivity index (χ0v) is 18.2. The summed E-state index contributed by atoms with van der Waals surface area (Å²) in [6, 6.07) is 20.1. The Morgan fingerprint density at radius 1 is 0.969 bits per heavy atom. The molecule has 0 atom stereocenters. The molecular formula is C23H18ClF2NO4S. The lowest BCUT2D eigenvalue weighted by molar-refractivity contribution is -0.119. The number of ether oxygens (including phenoxy) is 2. The summed E-state index contributed by atoms with van der Waals surface area (Å²) in [5.74, 6) is -0.831. The summed E-state index contributed by atoms with van der Waals surface area (Å²) >= 11 is 7.51. The highest BCUT2D eigenvalue weighted by Gasteiger charge is 2.14. The molecule has 0 saturated heterocycles. The monoisotopic (exact) mass is 477 g/mol. The minimum atomic E-state index is -3.03. The Labute approximate surface area is 192 Å². The minimum Gasteiger partial charge on any atom is -0.452 e. The Balaban J connectivity index is 1.48. The summed E-state index contributed by atoms with van der Waals surface area (Å²) in [5, 5.41) is 3.06. The van der Waals surface area contributed by atoms with Crippen LogP contribution in [0.4, 0.5) is 14.5 Å². The fourth-order valence-electron chi connectivity index (χ4n) is 2.60. The lowest BCUT2D eigenvalue weighted by Gasteiger charge is -2.11. The van der Waals surface area contributed by atoms with Gasteiger partial charge in [0.1, 0.15) is 5.75 Å². The first-order chi connectivity index (χ1) is 15.4. The summed E-state index contributed by atoms with van der Waals surface area (Å²) in [7, 11) is 0. The summed E-state index contributed by atoms with van der Waals surface area (Å²) in [5.41, 5.74) is 1.35. The number of benzene rings is 3. The predicted octanol–water partition coefficient (Wildman–Crippen LogP) is 6.03. The molecule has 0 heterocycles. The van der Waals surface area contributed by atoms with Gasteiger partial charge in [-0.3, -0.25) is 4.79 Å². The summed E-state index contributed by atoms with van der Waals surface area (Å²) in [6.45, 7) is -3.60. The average molecular weight is 478 g/mol. The van der Waals surface area contributed by atoms with Crippen LogP contribution in [0.1, 0.15) is 15.9 Å². The number of thioether (sulfide) groups is 1. The highest BCUT2D eigenvalue weighted by Crippen LogP contribution is 2.26. The standard InChI is InChI=1S/C23H18ClF2NO4S/c24-17-9-11-18(12-10-17)32-14-15-5-7-16(8-6-15)22(29)30-13-21(28)27-19-3-1-2-4-20(19)31-23(25)26/h1-12,23H,13-14H2,(H,27,28). The van der Waals surface area contributed by atoms with E-state index in [0.29, 0.717) is 16.3 Å². The van der Waals surface area contributed by atoms with Gasteiger partial charge in [-0.2, -0.15) is 8.78 Å². The average Bonchev–Trinajstić information content (AvgIpc) is 2.78. The maximum atomic E-state index is 12.4. The third-order valence-electron chi connectivity index (χ3n) is 4.12. The second-order valence-corrected chi connectivity index (χ2v) is 7.92. The number of anilines is 1. The Bertz CT molecular complexity index is 1060. The number of alkyl halides is 2. The summed E-state index contributed by atoms with van der Waals surface area (Å²) in [6.07, 6.45) is 0. The van der Waals surface area contributed by atoms with Crippen LogP contribution in [0.5, 0.6) is 5.75 Å². The molecule has 3 rings (SSSR count). The van der Waals surface area contributed by atoms with Crippen LogP contribution in [0.3, 0.4) is 0 Å². The van der Waals surface area contributed by atoms with Crippen LogP contribution in [0.15, 0.2) is 77.7 Å². The van der Waals surface area contributed by atoms with Crippen molar-refractivity contribution in [3.05, 3.63) is 88.9 Å². The van der Waals surface area contributed by atoms with Crippen molar-refractivity contribution in [2.45, 2.75) is 17.3 Å². The molecule has 166 valence electrons. The van der Waals surface area contributed by atoms with Gasteiger partial charge in [0.25, 0.3) is 5.91 Å². The molecule has 0 spiro atoms. The van der Waals surface area contributed by atoms with Crippen molar-refractivity contribution >= 4 is 40.9 Å². The van der Waals surface area contributed by atoms with Gasteiger partial charge in [-0.05, 0) is 54.1 Å². The van der Waals surface area contributed by atoms with E-state index in [0.717, 1.165) is 10.5 Å². The predicted molar refractivity (Wildman–Crippen MR) is 119 cm³/mol. The molecule has 0 aliphatic rings. The zero-order chi connectivity index (χ0) is 22.9. The van der Waals surface area contributed by atoms with Crippen LogP contribution in [0, 0.1) is 0 Å². The Hall–Kier alpha value is -3.10. The van der Waals surface area contributed by atoms with E-state index in [1.54, 1.807) is 42.1 Å². The molecule has 0 aromatic heterocycles. The van der Waals surface area contributed by atoms with E-state index in [2.05, 4.69) is 10.1 Å². The molecule has 0 unspecified atom stereocenters. The Morgan fingerprint density at radius 3 is 2.34 bits per heavy atom. The molecule has 0 saturated carbocycles. The second-order valence-electron chi connectivity index (χ2n) is 6.44. The van der Waals surface area contributed by atoms with Crippen LogP contribution in [0.25, 0.3) is 0 Å². The summed E-state index contributed by atoms with van der Waals surface area (Å²) < 4.78 is 34.2. The van der Waals surface area contributed by atoms with Crippen LogP contribution in [-0.4, -0.2) is 25.1 Å². The highest BCUT2D eigenvalue weighted by molar-refractivity contribution is 7.98. The van der Waals surface area contributed by atoms with Gasteiger partial charge in [0.05, 0.1) is 11.3 Å². The topological polar surface area (TPSA) is 64.6 Å². The Morgan fingerprint density at radius 2 is 1.66 bits per heavy atom. The number of halogens is 3. The number of rotatable bonds is 9. The van der Waals surface area contributed by atoms with E-state index in [1.807, 2.05) is 24.3 Å². The van der Waals surface area contributed by atoms with E-state index in [-0.39, 0.29) is 11.4 Å². The van der Waals surface area contributed by atoms with Gasteiger partial charge < -0.3 is 14.8 Å². The fraction of sp³-hybridized carbons (Fsp3) is 0.130. The second kappa shape index (κ2) is 11.5. The highest BCUT2D eigenvalue weighted by atomic mass is 35.5. The molecule has 5 nitrogen and oxygen atoms in total.